The van der Waals surface area contributed by atoms with E-state index in [1.54, 1.807) is 42.3 Å². The summed E-state index contributed by atoms with van der Waals surface area (Å²) in [5.41, 5.74) is 1.28. The highest BCUT2D eigenvalue weighted by Crippen LogP contribution is 2.27. The van der Waals surface area contributed by atoms with E-state index in [0.717, 1.165) is 5.56 Å². The maximum Gasteiger partial charge on any atom is 0.308 e. The lowest BCUT2D eigenvalue weighted by Gasteiger charge is -2.18. The summed E-state index contributed by atoms with van der Waals surface area (Å²) < 4.78 is 24.9. The van der Waals surface area contributed by atoms with Gasteiger partial charge in [-0.25, -0.2) is 4.39 Å². The third kappa shape index (κ3) is 4.60. The predicted molar refractivity (Wildman–Crippen MR) is 99.8 cm³/mol. The number of carbonyl (C=O) groups is 2. The van der Waals surface area contributed by atoms with Crippen LogP contribution in [0.4, 0.5) is 4.39 Å². The Morgan fingerprint density at radius 2 is 2.04 bits per heavy atom. The van der Waals surface area contributed by atoms with Crippen LogP contribution in [0.3, 0.4) is 0 Å². The molecule has 148 valence electrons. The Morgan fingerprint density at radius 1 is 1.25 bits per heavy atom. The third-order valence-electron chi connectivity index (χ3n) is 4.83. The fourth-order valence-electron chi connectivity index (χ4n) is 3.18. The second kappa shape index (κ2) is 8.73. The van der Waals surface area contributed by atoms with Gasteiger partial charge in [0, 0.05) is 31.1 Å². The van der Waals surface area contributed by atoms with E-state index < -0.39 is 11.9 Å². The van der Waals surface area contributed by atoms with E-state index in [1.807, 2.05) is 6.07 Å². The first-order valence-corrected chi connectivity index (χ1v) is 9.01. The van der Waals surface area contributed by atoms with Gasteiger partial charge in [-0.1, -0.05) is 24.3 Å². The van der Waals surface area contributed by atoms with Gasteiger partial charge in [-0.05, 0) is 24.1 Å². The van der Waals surface area contributed by atoms with Crippen molar-refractivity contribution in [2.24, 2.45) is 5.92 Å². The van der Waals surface area contributed by atoms with Crippen LogP contribution in [0, 0.1) is 11.7 Å². The first-order chi connectivity index (χ1) is 13.5. The highest BCUT2D eigenvalue weighted by atomic mass is 19.1. The maximum atomic E-state index is 13.8. The minimum atomic E-state index is -0.950. The summed E-state index contributed by atoms with van der Waals surface area (Å²) in [5, 5.41) is 9.09. The van der Waals surface area contributed by atoms with Crippen molar-refractivity contribution in [2.75, 3.05) is 20.2 Å². The molecule has 3 rings (SSSR count). The minimum Gasteiger partial charge on any atom is -0.497 e. The lowest BCUT2D eigenvalue weighted by atomic mass is 10.1. The lowest BCUT2D eigenvalue weighted by Crippen LogP contribution is -2.28. The van der Waals surface area contributed by atoms with Crippen molar-refractivity contribution < 1.29 is 28.6 Å². The Balaban J connectivity index is 1.69. The first kappa shape index (κ1) is 19.7. The third-order valence-corrected chi connectivity index (χ3v) is 4.83. The van der Waals surface area contributed by atoms with Crippen molar-refractivity contribution >= 4 is 11.9 Å². The van der Waals surface area contributed by atoms with Crippen molar-refractivity contribution in [3.63, 3.8) is 0 Å². The number of halogens is 1. The summed E-state index contributed by atoms with van der Waals surface area (Å²) in [6, 6.07) is 11.7. The van der Waals surface area contributed by atoms with Gasteiger partial charge < -0.3 is 19.5 Å². The topological polar surface area (TPSA) is 76.1 Å². The number of benzene rings is 2. The van der Waals surface area contributed by atoms with E-state index in [9.17, 15) is 14.0 Å². The van der Waals surface area contributed by atoms with Gasteiger partial charge >= 0.3 is 5.97 Å². The minimum absolute atomic E-state index is 0.0363. The zero-order valence-corrected chi connectivity index (χ0v) is 15.6. The number of hydrogen-bond acceptors (Lipinski definition) is 4. The molecule has 1 heterocycles. The molecule has 1 fully saturated rings. The van der Waals surface area contributed by atoms with E-state index in [2.05, 4.69) is 0 Å². The Morgan fingerprint density at radius 3 is 2.71 bits per heavy atom. The molecule has 7 heteroatoms. The molecule has 0 radical (unpaired) electrons. The number of ether oxygens (including phenoxy) is 2. The summed E-state index contributed by atoms with van der Waals surface area (Å²) in [7, 11) is 1.55. The van der Waals surface area contributed by atoms with Crippen LogP contribution in [-0.2, 0) is 22.6 Å². The van der Waals surface area contributed by atoms with E-state index in [4.69, 9.17) is 14.6 Å². The molecular weight excluding hydrogens is 365 g/mol. The van der Waals surface area contributed by atoms with Crippen LogP contribution >= 0.6 is 0 Å². The zero-order chi connectivity index (χ0) is 20.1. The highest BCUT2D eigenvalue weighted by Gasteiger charge is 2.33. The van der Waals surface area contributed by atoms with Crippen molar-refractivity contribution in [1.29, 1.82) is 0 Å². The van der Waals surface area contributed by atoms with E-state index in [0.29, 0.717) is 30.0 Å². The Labute approximate surface area is 162 Å². The molecule has 1 aliphatic rings. The van der Waals surface area contributed by atoms with Gasteiger partial charge in [-0.3, -0.25) is 9.59 Å². The number of rotatable bonds is 8. The van der Waals surface area contributed by atoms with Gasteiger partial charge in [-0.2, -0.15) is 0 Å². The molecule has 2 aromatic carbocycles. The van der Waals surface area contributed by atoms with Gasteiger partial charge in [0.05, 0.1) is 13.0 Å². The molecule has 1 unspecified atom stereocenters. The smallest absolute Gasteiger partial charge is 0.308 e. The number of aliphatic carboxylic acids is 1. The number of methoxy groups -OCH3 is 1. The number of carboxylic acid groups (broad SMARTS) is 1. The van der Waals surface area contributed by atoms with Crippen LogP contribution in [-0.4, -0.2) is 42.1 Å². The second-order valence-corrected chi connectivity index (χ2v) is 6.68. The number of amides is 1. The van der Waals surface area contributed by atoms with Crippen LogP contribution in [0.5, 0.6) is 11.5 Å². The normalized spacial score (nSPS) is 16.3. The molecule has 2 aromatic rings. The Hall–Kier alpha value is -3.09. The number of nitrogens with zero attached hydrogens (tertiary/aromatic N) is 1. The molecule has 0 saturated carbocycles. The van der Waals surface area contributed by atoms with E-state index >= 15 is 0 Å². The lowest BCUT2D eigenvalue weighted by molar-refractivity contribution is -0.141. The summed E-state index contributed by atoms with van der Waals surface area (Å²) in [5.74, 6) is -0.946. The molecule has 1 aliphatic heterocycles. The summed E-state index contributed by atoms with van der Waals surface area (Å²) in [6.07, 6.45) is 0.531. The number of likely N-dealkylation sites (tertiary alicyclic amines) is 1. The largest absolute Gasteiger partial charge is 0.497 e. The fourth-order valence-corrected chi connectivity index (χ4v) is 3.18. The van der Waals surface area contributed by atoms with Crippen LogP contribution in [0.2, 0.25) is 0 Å². The van der Waals surface area contributed by atoms with Crippen molar-refractivity contribution in [3.8, 4) is 11.5 Å². The van der Waals surface area contributed by atoms with Gasteiger partial charge in [0.15, 0.2) is 0 Å². The average Bonchev–Trinajstić information content (AvgIpc) is 3.07. The summed E-state index contributed by atoms with van der Waals surface area (Å²) >= 11 is 0. The van der Waals surface area contributed by atoms with Gasteiger partial charge in [0.2, 0.25) is 5.91 Å². The van der Waals surface area contributed by atoms with Crippen LogP contribution in [0.25, 0.3) is 0 Å². The number of carbonyl (C=O) groups excluding carboxylic acids is 1. The monoisotopic (exact) mass is 387 g/mol. The molecule has 0 aromatic heterocycles. The number of carboxylic acids is 1. The van der Waals surface area contributed by atoms with Gasteiger partial charge in [-0.15, -0.1) is 0 Å². The van der Waals surface area contributed by atoms with Crippen molar-refractivity contribution in [2.45, 2.75) is 19.4 Å². The molecule has 1 amide bonds. The van der Waals surface area contributed by atoms with Crippen LogP contribution < -0.4 is 9.47 Å². The van der Waals surface area contributed by atoms with Gasteiger partial charge in [0.1, 0.15) is 23.9 Å². The Bertz CT molecular complexity index is 870. The van der Waals surface area contributed by atoms with Crippen LogP contribution in [0.15, 0.2) is 42.5 Å². The zero-order valence-electron chi connectivity index (χ0n) is 15.6. The average molecular weight is 387 g/mol. The van der Waals surface area contributed by atoms with Crippen LogP contribution in [0.1, 0.15) is 17.5 Å². The SMILES string of the molecule is COc1ccc(CCN2CC(C(=O)O)CC2=O)c(OCc2ccccc2F)c1. The molecule has 1 saturated heterocycles. The molecule has 1 atom stereocenters. The molecule has 0 bridgehead atoms. The molecular formula is C21H22FNO5. The predicted octanol–water partition coefficient (Wildman–Crippen LogP) is 2.89. The maximum absolute atomic E-state index is 13.8. The van der Waals surface area contributed by atoms with E-state index in [-0.39, 0.29) is 31.3 Å². The molecule has 0 spiro atoms. The Kier molecular flexibility index (Phi) is 6.13. The first-order valence-electron chi connectivity index (χ1n) is 9.01. The van der Waals surface area contributed by atoms with E-state index in [1.165, 1.54) is 6.07 Å². The van der Waals surface area contributed by atoms with Crippen molar-refractivity contribution in [1.82, 2.24) is 4.90 Å². The second-order valence-electron chi connectivity index (χ2n) is 6.68. The molecule has 1 N–H and O–H groups in total. The quantitative estimate of drug-likeness (QED) is 0.754. The fraction of sp³-hybridized carbons (Fsp3) is 0.333. The number of hydrogen-bond donors (Lipinski definition) is 1. The summed E-state index contributed by atoms with van der Waals surface area (Å²) in [6.45, 7) is 0.678. The highest BCUT2D eigenvalue weighted by molar-refractivity contribution is 5.86. The summed E-state index contributed by atoms with van der Waals surface area (Å²) in [4.78, 5) is 24.7. The molecule has 0 aliphatic carbocycles. The molecule has 6 nitrogen and oxygen atoms in total. The molecule has 28 heavy (non-hydrogen) atoms. The van der Waals surface area contributed by atoms with Gasteiger partial charge in [0.25, 0.3) is 0 Å². The standard InChI is InChI=1S/C21H22FNO5/c1-27-17-7-6-14(8-9-23-12-16(21(25)26)10-20(23)24)19(11-17)28-13-15-4-2-3-5-18(15)22/h2-7,11,16H,8-10,12-13H2,1H3,(H,25,26). The van der Waals surface area contributed by atoms with Crippen molar-refractivity contribution in [3.05, 3.63) is 59.4 Å².